The van der Waals surface area contributed by atoms with Gasteiger partial charge in [0.1, 0.15) is 0 Å². The van der Waals surface area contributed by atoms with Crippen LogP contribution in [-0.2, 0) is 14.8 Å². The maximum Gasteiger partial charge on any atom is 0.240 e. The Morgan fingerprint density at radius 3 is 2.55 bits per heavy atom. The van der Waals surface area contributed by atoms with Crippen LogP contribution < -0.4 is 4.72 Å². The number of hydrogen-bond donors (Lipinski definition) is 1. The van der Waals surface area contributed by atoms with Crippen molar-refractivity contribution < 1.29 is 13.2 Å². The molecule has 1 atom stereocenters. The van der Waals surface area contributed by atoms with Gasteiger partial charge in [-0.2, -0.15) is 0 Å². The minimum atomic E-state index is -3.60. The van der Waals surface area contributed by atoms with Crippen molar-refractivity contribution in [2.45, 2.75) is 45.1 Å². The van der Waals surface area contributed by atoms with Crippen LogP contribution in [0.15, 0.2) is 23.1 Å². The number of halogens is 1. The molecule has 7 heteroatoms. The van der Waals surface area contributed by atoms with Crippen LogP contribution in [0.25, 0.3) is 0 Å². The molecule has 0 aromatic heterocycles. The van der Waals surface area contributed by atoms with Gasteiger partial charge in [0.25, 0.3) is 0 Å². The SMILES string of the molecule is CCC(C)N(CCNS(=O)(=O)c1ccc(Cl)c(C)c1)C(C)=O. The molecule has 0 aliphatic carbocycles. The van der Waals surface area contributed by atoms with Crippen LogP contribution in [0.5, 0.6) is 0 Å². The average molecular weight is 347 g/mol. The van der Waals surface area contributed by atoms with Gasteiger partial charge in [0.05, 0.1) is 4.90 Å². The molecule has 1 rings (SSSR count). The number of carbonyl (C=O) groups is 1. The predicted octanol–water partition coefficient (Wildman–Crippen LogP) is 2.57. The van der Waals surface area contributed by atoms with E-state index in [0.717, 1.165) is 6.42 Å². The highest BCUT2D eigenvalue weighted by atomic mass is 35.5. The largest absolute Gasteiger partial charge is 0.339 e. The summed E-state index contributed by atoms with van der Waals surface area (Å²) in [5.74, 6) is -0.0594. The standard InChI is InChI=1S/C15H23ClN2O3S/c1-5-12(3)18(13(4)19)9-8-17-22(20,21)14-6-7-15(16)11(2)10-14/h6-7,10,12,17H,5,8-9H2,1-4H3. The van der Waals surface area contributed by atoms with E-state index < -0.39 is 10.0 Å². The third-order valence-corrected chi connectivity index (χ3v) is 5.49. The summed E-state index contributed by atoms with van der Waals surface area (Å²) in [6, 6.07) is 4.64. The summed E-state index contributed by atoms with van der Waals surface area (Å²) < 4.78 is 27.0. The number of aryl methyl sites for hydroxylation is 1. The lowest BCUT2D eigenvalue weighted by atomic mass is 10.2. The summed E-state index contributed by atoms with van der Waals surface area (Å²) in [7, 11) is -3.60. The van der Waals surface area contributed by atoms with E-state index >= 15 is 0 Å². The Balaban J connectivity index is 2.73. The van der Waals surface area contributed by atoms with Crippen LogP contribution in [0.3, 0.4) is 0 Å². The highest BCUT2D eigenvalue weighted by Crippen LogP contribution is 2.19. The first kappa shape index (κ1) is 18.9. The van der Waals surface area contributed by atoms with E-state index in [2.05, 4.69) is 4.72 Å². The number of sulfonamides is 1. The van der Waals surface area contributed by atoms with Gasteiger partial charge in [-0.05, 0) is 44.0 Å². The zero-order valence-electron chi connectivity index (χ0n) is 13.4. The van der Waals surface area contributed by atoms with Gasteiger partial charge in [-0.1, -0.05) is 18.5 Å². The van der Waals surface area contributed by atoms with E-state index in [1.54, 1.807) is 17.9 Å². The van der Waals surface area contributed by atoms with E-state index in [4.69, 9.17) is 11.6 Å². The van der Waals surface area contributed by atoms with Crippen LogP contribution in [0.1, 0.15) is 32.8 Å². The van der Waals surface area contributed by atoms with Crippen molar-refractivity contribution >= 4 is 27.5 Å². The molecular weight excluding hydrogens is 324 g/mol. The fraction of sp³-hybridized carbons (Fsp3) is 0.533. The summed E-state index contributed by atoms with van der Waals surface area (Å²) in [5, 5.41) is 0.526. The molecule has 0 fully saturated rings. The van der Waals surface area contributed by atoms with Gasteiger partial charge < -0.3 is 4.90 Å². The maximum absolute atomic E-state index is 12.2. The van der Waals surface area contributed by atoms with Crippen LogP contribution in [0.4, 0.5) is 0 Å². The van der Waals surface area contributed by atoms with Gasteiger partial charge in [0.2, 0.25) is 15.9 Å². The summed E-state index contributed by atoms with van der Waals surface area (Å²) >= 11 is 5.90. The first-order valence-corrected chi connectivity index (χ1v) is 9.08. The topological polar surface area (TPSA) is 66.5 Å². The molecule has 22 heavy (non-hydrogen) atoms. The smallest absolute Gasteiger partial charge is 0.240 e. The van der Waals surface area contributed by atoms with Crippen molar-refractivity contribution in [1.82, 2.24) is 9.62 Å². The molecule has 0 saturated heterocycles. The third-order valence-electron chi connectivity index (χ3n) is 3.61. The van der Waals surface area contributed by atoms with Gasteiger partial charge in [-0.3, -0.25) is 4.79 Å². The Morgan fingerprint density at radius 1 is 1.41 bits per heavy atom. The van der Waals surface area contributed by atoms with E-state index in [1.165, 1.54) is 19.1 Å². The lowest BCUT2D eigenvalue weighted by Gasteiger charge is -2.27. The Kier molecular flexibility index (Phi) is 6.84. The molecule has 1 amide bonds. The highest BCUT2D eigenvalue weighted by Gasteiger charge is 2.18. The third kappa shape index (κ3) is 4.97. The minimum absolute atomic E-state index is 0.0594. The molecule has 1 N–H and O–H groups in total. The molecule has 0 radical (unpaired) electrons. The van der Waals surface area contributed by atoms with Gasteiger partial charge in [-0.15, -0.1) is 0 Å². The van der Waals surface area contributed by atoms with Gasteiger partial charge in [-0.25, -0.2) is 13.1 Å². The Morgan fingerprint density at radius 2 is 2.05 bits per heavy atom. The van der Waals surface area contributed by atoms with E-state index in [-0.39, 0.29) is 23.4 Å². The molecule has 0 aliphatic rings. The summed E-state index contributed by atoms with van der Waals surface area (Å²) in [6.07, 6.45) is 0.822. The number of hydrogen-bond acceptors (Lipinski definition) is 3. The molecule has 0 heterocycles. The molecule has 0 aliphatic heterocycles. The second-order valence-corrected chi connectivity index (χ2v) is 7.45. The maximum atomic E-state index is 12.2. The second kappa shape index (κ2) is 7.94. The Bertz CT molecular complexity index is 632. The van der Waals surface area contributed by atoms with Crippen molar-refractivity contribution in [3.8, 4) is 0 Å². The van der Waals surface area contributed by atoms with Crippen molar-refractivity contribution in [2.24, 2.45) is 0 Å². The van der Waals surface area contributed by atoms with Crippen LogP contribution in [0.2, 0.25) is 5.02 Å². The summed E-state index contributed by atoms with van der Waals surface area (Å²) in [5.41, 5.74) is 0.703. The minimum Gasteiger partial charge on any atom is -0.339 e. The number of carbonyl (C=O) groups excluding carboxylic acids is 1. The van der Waals surface area contributed by atoms with E-state index in [0.29, 0.717) is 17.1 Å². The zero-order chi connectivity index (χ0) is 16.9. The van der Waals surface area contributed by atoms with E-state index in [1.807, 2.05) is 13.8 Å². The molecule has 0 spiro atoms. The van der Waals surface area contributed by atoms with Gasteiger partial charge >= 0.3 is 0 Å². The quantitative estimate of drug-likeness (QED) is 0.825. The summed E-state index contributed by atoms with van der Waals surface area (Å²) in [6.45, 7) is 7.69. The number of rotatable bonds is 7. The molecule has 0 bridgehead atoms. The normalized spacial score (nSPS) is 13.0. The van der Waals surface area contributed by atoms with Crippen LogP contribution in [-0.4, -0.2) is 38.4 Å². The number of nitrogens with zero attached hydrogens (tertiary/aromatic N) is 1. The van der Waals surface area contributed by atoms with E-state index in [9.17, 15) is 13.2 Å². The summed E-state index contributed by atoms with van der Waals surface area (Å²) in [4.78, 5) is 13.4. The molecule has 1 unspecified atom stereocenters. The Hall–Kier alpha value is -1.11. The molecule has 5 nitrogen and oxygen atoms in total. The molecule has 124 valence electrons. The monoisotopic (exact) mass is 346 g/mol. The zero-order valence-corrected chi connectivity index (χ0v) is 15.0. The first-order valence-electron chi connectivity index (χ1n) is 7.22. The molecular formula is C15H23ClN2O3S. The van der Waals surface area contributed by atoms with Gasteiger partial charge in [0.15, 0.2) is 0 Å². The van der Waals surface area contributed by atoms with Crippen LogP contribution in [0, 0.1) is 6.92 Å². The van der Waals surface area contributed by atoms with Crippen molar-refractivity contribution in [3.05, 3.63) is 28.8 Å². The average Bonchev–Trinajstić information content (AvgIpc) is 2.45. The Labute approximate surface area is 137 Å². The number of nitrogens with one attached hydrogen (secondary N) is 1. The molecule has 0 saturated carbocycles. The highest BCUT2D eigenvalue weighted by molar-refractivity contribution is 7.89. The number of benzene rings is 1. The lowest BCUT2D eigenvalue weighted by molar-refractivity contribution is -0.130. The second-order valence-electron chi connectivity index (χ2n) is 5.28. The van der Waals surface area contributed by atoms with Crippen molar-refractivity contribution in [3.63, 3.8) is 0 Å². The van der Waals surface area contributed by atoms with Gasteiger partial charge in [0, 0.05) is 31.1 Å². The molecule has 1 aromatic rings. The number of amides is 1. The van der Waals surface area contributed by atoms with Crippen molar-refractivity contribution in [1.29, 1.82) is 0 Å². The fourth-order valence-electron chi connectivity index (χ4n) is 2.08. The van der Waals surface area contributed by atoms with Crippen molar-refractivity contribution in [2.75, 3.05) is 13.1 Å². The molecule has 1 aromatic carbocycles. The fourth-order valence-corrected chi connectivity index (χ4v) is 3.30. The van der Waals surface area contributed by atoms with Crippen LogP contribution >= 0.6 is 11.6 Å². The first-order chi connectivity index (χ1) is 10.2. The predicted molar refractivity (Wildman–Crippen MR) is 88.5 cm³/mol. The lowest BCUT2D eigenvalue weighted by Crippen LogP contribution is -2.42.